The van der Waals surface area contributed by atoms with E-state index in [0.29, 0.717) is 35.5 Å². The van der Waals surface area contributed by atoms with Crippen LogP contribution in [0.5, 0.6) is 5.75 Å². The van der Waals surface area contributed by atoms with E-state index in [-0.39, 0.29) is 25.0 Å². The monoisotopic (exact) mass is 477 g/mol. The molecule has 2 heterocycles. The molecule has 0 spiro atoms. The maximum absolute atomic E-state index is 12.7. The fourth-order valence-corrected chi connectivity index (χ4v) is 4.43. The Morgan fingerprint density at radius 3 is 2.49 bits per heavy atom. The van der Waals surface area contributed by atoms with Gasteiger partial charge < -0.3 is 19.5 Å². The van der Waals surface area contributed by atoms with Gasteiger partial charge in [0, 0.05) is 30.5 Å². The van der Waals surface area contributed by atoms with Crippen LogP contribution in [0.25, 0.3) is 0 Å². The number of carbonyl (C=O) groups excluding carboxylic acids is 2. The van der Waals surface area contributed by atoms with Gasteiger partial charge in [0.25, 0.3) is 5.91 Å². The average molecular weight is 478 g/mol. The first-order valence-electron chi connectivity index (χ1n) is 11.3. The molecule has 0 aromatic heterocycles. The van der Waals surface area contributed by atoms with Gasteiger partial charge in [-0.15, -0.1) is 0 Å². The maximum atomic E-state index is 12.7. The van der Waals surface area contributed by atoms with Crippen molar-refractivity contribution in [2.45, 2.75) is 38.8 Å². The number of fused-ring (bicyclic) bond motifs is 1. The second-order valence-corrected chi connectivity index (χ2v) is 9.79. The van der Waals surface area contributed by atoms with Gasteiger partial charge >= 0.3 is 12.2 Å². The van der Waals surface area contributed by atoms with Crippen molar-refractivity contribution in [3.63, 3.8) is 0 Å². The summed E-state index contributed by atoms with van der Waals surface area (Å²) in [4.78, 5) is 38.8. The molecule has 4 rings (SSSR count). The number of imide groups is 1. The molecule has 2 aliphatic rings. The van der Waals surface area contributed by atoms with Crippen LogP contribution in [-0.2, 0) is 11.3 Å². The summed E-state index contributed by atoms with van der Waals surface area (Å²) < 4.78 is 11.6. The van der Waals surface area contributed by atoms with Crippen LogP contribution < -0.4 is 4.74 Å². The highest BCUT2D eigenvalue weighted by atomic mass is 16.6. The molecule has 9 nitrogen and oxygen atoms in total. The minimum atomic E-state index is -1.29. The Kier molecular flexibility index (Phi) is 6.39. The van der Waals surface area contributed by atoms with Gasteiger partial charge in [-0.2, -0.15) is 5.26 Å². The van der Waals surface area contributed by atoms with Crippen molar-refractivity contribution in [3.05, 3.63) is 64.7 Å². The minimum Gasteiger partial charge on any atom is -0.493 e. The highest BCUT2D eigenvalue weighted by molar-refractivity contribution is 6.06. The highest BCUT2D eigenvalue weighted by Crippen LogP contribution is 2.35. The molecule has 35 heavy (non-hydrogen) atoms. The molecule has 1 fully saturated rings. The molecule has 2 aromatic rings. The third-order valence-electron chi connectivity index (χ3n) is 6.14. The molecule has 0 bridgehead atoms. The molecule has 2 aromatic carbocycles. The number of nitrogens with zero attached hydrogens (tertiary/aromatic N) is 3. The number of benzene rings is 2. The van der Waals surface area contributed by atoms with Crippen molar-refractivity contribution < 1.29 is 29.0 Å². The van der Waals surface area contributed by atoms with E-state index >= 15 is 0 Å². The molecule has 9 heteroatoms. The lowest BCUT2D eigenvalue weighted by Gasteiger charge is -2.24. The molecular weight excluding hydrogens is 450 g/mol. The Hall–Kier alpha value is -4.06. The van der Waals surface area contributed by atoms with Crippen molar-refractivity contribution in [2.24, 2.45) is 5.92 Å². The Bertz CT molecular complexity index is 1200. The molecule has 3 amide bonds. The van der Waals surface area contributed by atoms with E-state index in [0.717, 1.165) is 10.5 Å². The van der Waals surface area contributed by atoms with Crippen molar-refractivity contribution in [1.82, 2.24) is 9.80 Å². The summed E-state index contributed by atoms with van der Waals surface area (Å²) in [6.45, 7) is 6.64. The summed E-state index contributed by atoms with van der Waals surface area (Å²) in [6.07, 6.45) is -1.68. The van der Waals surface area contributed by atoms with Gasteiger partial charge in [0.2, 0.25) is 0 Å². The van der Waals surface area contributed by atoms with E-state index in [2.05, 4.69) is 6.07 Å². The second kappa shape index (κ2) is 9.29. The van der Waals surface area contributed by atoms with E-state index in [9.17, 15) is 19.5 Å². The highest BCUT2D eigenvalue weighted by Gasteiger charge is 2.39. The number of amides is 3. The van der Waals surface area contributed by atoms with Crippen molar-refractivity contribution in [1.29, 1.82) is 5.26 Å². The fourth-order valence-electron chi connectivity index (χ4n) is 4.43. The van der Waals surface area contributed by atoms with E-state index in [4.69, 9.17) is 14.7 Å². The molecular formula is C26H27N3O6. The van der Waals surface area contributed by atoms with Crippen LogP contribution in [0.15, 0.2) is 42.5 Å². The Morgan fingerprint density at radius 2 is 1.86 bits per heavy atom. The molecule has 0 radical (unpaired) electrons. The van der Waals surface area contributed by atoms with Crippen LogP contribution in [0.4, 0.5) is 9.59 Å². The second-order valence-electron chi connectivity index (χ2n) is 9.79. The Balaban J connectivity index is 1.51. The topological polar surface area (TPSA) is 120 Å². The van der Waals surface area contributed by atoms with E-state index < -0.39 is 23.7 Å². The standard InChI is InChI=1S/C26H27N3O6/c1-26(2,3)35-25(33)28-12-19(22(14-28)17-6-4-16(11-27)5-7-17)15-34-20-9-8-18-13-29(24(31)32)23(30)21(18)10-20/h4-10,19,22H,12-15H2,1-3H3,(H,31,32)/t19-,22-/m0/s1. The normalized spacial score (nSPS) is 19.3. The number of carbonyl (C=O) groups is 3. The van der Waals surface area contributed by atoms with Crippen LogP contribution in [-0.4, -0.2) is 58.3 Å². The number of likely N-dealkylation sites (tertiary alicyclic amines) is 1. The third-order valence-corrected chi connectivity index (χ3v) is 6.14. The molecule has 0 aliphatic carbocycles. The zero-order valence-electron chi connectivity index (χ0n) is 19.9. The van der Waals surface area contributed by atoms with Crippen LogP contribution in [0.1, 0.15) is 53.7 Å². The van der Waals surface area contributed by atoms with Gasteiger partial charge in [0.15, 0.2) is 0 Å². The summed E-state index contributed by atoms with van der Waals surface area (Å²) in [5, 5.41) is 18.3. The van der Waals surface area contributed by atoms with Crippen LogP contribution in [0.3, 0.4) is 0 Å². The van der Waals surface area contributed by atoms with Crippen molar-refractivity contribution >= 4 is 18.1 Å². The van der Waals surface area contributed by atoms with Gasteiger partial charge in [-0.25, -0.2) is 14.5 Å². The molecule has 0 unspecified atom stereocenters. The zero-order chi connectivity index (χ0) is 25.3. The molecule has 1 N–H and O–H groups in total. The number of ether oxygens (including phenoxy) is 2. The SMILES string of the molecule is CC(C)(C)OC(=O)N1C[C@@H](COc2ccc3c(c2)C(=O)N(C(=O)O)C3)[C@H](c2ccc(C#N)cc2)C1. The summed E-state index contributed by atoms with van der Waals surface area (Å²) in [7, 11) is 0. The maximum Gasteiger partial charge on any atom is 0.414 e. The first-order chi connectivity index (χ1) is 16.6. The molecule has 1 saturated heterocycles. The predicted molar refractivity (Wildman–Crippen MR) is 125 cm³/mol. The average Bonchev–Trinajstić information content (AvgIpc) is 3.38. The number of carboxylic acid groups (broad SMARTS) is 1. The minimum absolute atomic E-state index is 0.0258. The van der Waals surface area contributed by atoms with Crippen LogP contribution >= 0.6 is 0 Å². The molecule has 0 saturated carbocycles. The largest absolute Gasteiger partial charge is 0.493 e. The Morgan fingerprint density at radius 1 is 1.14 bits per heavy atom. The fraction of sp³-hybridized carbons (Fsp3) is 0.385. The van der Waals surface area contributed by atoms with Crippen LogP contribution in [0.2, 0.25) is 0 Å². The van der Waals surface area contributed by atoms with E-state index in [1.165, 1.54) is 0 Å². The smallest absolute Gasteiger partial charge is 0.414 e. The molecule has 2 atom stereocenters. The van der Waals surface area contributed by atoms with E-state index in [1.54, 1.807) is 35.2 Å². The number of hydrogen-bond donors (Lipinski definition) is 1. The van der Waals surface area contributed by atoms with Gasteiger partial charge in [-0.1, -0.05) is 18.2 Å². The Labute approximate surface area is 203 Å². The summed E-state index contributed by atoms with van der Waals surface area (Å²) in [6, 6.07) is 14.4. The quantitative estimate of drug-likeness (QED) is 0.700. The van der Waals surface area contributed by atoms with Gasteiger partial charge in [0.1, 0.15) is 11.4 Å². The lowest BCUT2D eigenvalue weighted by atomic mass is 9.89. The van der Waals surface area contributed by atoms with Gasteiger partial charge in [0.05, 0.1) is 24.8 Å². The summed E-state index contributed by atoms with van der Waals surface area (Å²) in [5.74, 6) is -0.201. The number of rotatable bonds is 4. The third kappa shape index (κ3) is 5.22. The predicted octanol–water partition coefficient (Wildman–Crippen LogP) is 4.22. The zero-order valence-corrected chi connectivity index (χ0v) is 19.9. The van der Waals surface area contributed by atoms with Gasteiger partial charge in [-0.05, 0) is 56.2 Å². The van der Waals surface area contributed by atoms with E-state index in [1.807, 2.05) is 32.9 Å². The number of hydrogen-bond acceptors (Lipinski definition) is 6. The summed E-state index contributed by atoms with van der Waals surface area (Å²) in [5.41, 5.74) is 1.88. The summed E-state index contributed by atoms with van der Waals surface area (Å²) >= 11 is 0. The van der Waals surface area contributed by atoms with Crippen molar-refractivity contribution in [3.8, 4) is 11.8 Å². The molecule has 182 valence electrons. The molecule has 2 aliphatic heterocycles. The number of nitriles is 1. The van der Waals surface area contributed by atoms with Crippen LogP contribution in [0, 0.1) is 17.2 Å². The lowest BCUT2D eigenvalue weighted by Crippen LogP contribution is -2.35. The first-order valence-corrected chi connectivity index (χ1v) is 11.3. The van der Waals surface area contributed by atoms with Gasteiger partial charge in [-0.3, -0.25) is 4.79 Å². The first kappa shape index (κ1) is 24.1. The van der Waals surface area contributed by atoms with Crippen molar-refractivity contribution in [2.75, 3.05) is 19.7 Å². The lowest BCUT2D eigenvalue weighted by molar-refractivity contribution is 0.0283.